The molecule has 1 heteroatoms. The second-order valence-electron chi connectivity index (χ2n) is 6.35. The van der Waals surface area contributed by atoms with Gasteiger partial charge >= 0.3 is 0 Å². The Morgan fingerprint density at radius 3 is 2.68 bits per heavy atom. The van der Waals surface area contributed by atoms with Gasteiger partial charge in [0.05, 0.1) is 0 Å². The molecule has 2 rings (SSSR count). The average molecular weight is 259 g/mol. The van der Waals surface area contributed by atoms with Crippen LogP contribution in [0.5, 0.6) is 0 Å². The summed E-state index contributed by atoms with van der Waals surface area (Å²) in [5.74, 6) is 0.674. The van der Waals surface area contributed by atoms with Crippen LogP contribution in [0.3, 0.4) is 0 Å². The van der Waals surface area contributed by atoms with Gasteiger partial charge in [-0.1, -0.05) is 70.2 Å². The minimum Gasteiger partial charge on any atom is -0.321 e. The van der Waals surface area contributed by atoms with Crippen LogP contribution in [-0.4, -0.2) is 0 Å². The fourth-order valence-electron chi connectivity index (χ4n) is 3.45. The molecule has 106 valence electrons. The normalized spacial score (nSPS) is 26.2. The van der Waals surface area contributed by atoms with Gasteiger partial charge < -0.3 is 5.73 Å². The molecule has 1 aliphatic carbocycles. The van der Waals surface area contributed by atoms with Crippen molar-refractivity contribution in [3.63, 3.8) is 0 Å². The zero-order chi connectivity index (χ0) is 13.7. The van der Waals surface area contributed by atoms with E-state index in [1.165, 1.54) is 49.7 Å². The van der Waals surface area contributed by atoms with Crippen molar-refractivity contribution in [3.8, 4) is 0 Å². The Bertz CT molecular complexity index is 398. The molecule has 0 bridgehead atoms. The van der Waals surface area contributed by atoms with Crippen LogP contribution in [0.1, 0.15) is 82.3 Å². The molecular weight excluding hydrogens is 230 g/mol. The maximum atomic E-state index is 6.75. The monoisotopic (exact) mass is 259 g/mol. The molecule has 2 unspecified atom stereocenters. The van der Waals surface area contributed by atoms with Gasteiger partial charge in [0.2, 0.25) is 0 Å². The first kappa shape index (κ1) is 14.6. The van der Waals surface area contributed by atoms with Gasteiger partial charge in [-0.2, -0.15) is 0 Å². The van der Waals surface area contributed by atoms with Crippen molar-refractivity contribution in [1.29, 1.82) is 0 Å². The number of rotatable bonds is 6. The van der Waals surface area contributed by atoms with E-state index in [2.05, 4.69) is 38.1 Å². The third-order valence-electron chi connectivity index (χ3n) is 4.78. The molecule has 19 heavy (non-hydrogen) atoms. The van der Waals surface area contributed by atoms with E-state index in [0.717, 1.165) is 12.8 Å². The van der Waals surface area contributed by atoms with E-state index in [1.807, 2.05) is 0 Å². The van der Waals surface area contributed by atoms with E-state index in [0.29, 0.717) is 5.92 Å². The van der Waals surface area contributed by atoms with Crippen molar-refractivity contribution in [2.24, 2.45) is 5.73 Å². The summed E-state index contributed by atoms with van der Waals surface area (Å²) in [6, 6.07) is 8.84. The van der Waals surface area contributed by atoms with Gasteiger partial charge in [-0.15, -0.1) is 0 Å². The van der Waals surface area contributed by atoms with E-state index in [-0.39, 0.29) is 5.54 Å². The first-order valence-corrected chi connectivity index (χ1v) is 8.05. The summed E-state index contributed by atoms with van der Waals surface area (Å²) in [6.45, 7) is 4.60. The first-order valence-electron chi connectivity index (χ1n) is 8.05. The number of benzene rings is 1. The van der Waals surface area contributed by atoms with Gasteiger partial charge in [-0.25, -0.2) is 0 Å². The average Bonchev–Trinajstić information content (AvgIpc) is 2.44. The van der Waals surface area contributed by atoms with Gasteiger partial charge in [0, 0.05) is 5.54 Å². The van der Waals surface area contributed by atoms with E-state index in [4.69, 9.17) is 5.73 Å². The van der Waals surface area contributed by atoms with Gasteiger partial charge in [-0.3, -0.25) is 0 Å². The van der Waals surface area contributed by atoms with Crippen molar-refractivity contribution >= 4 is 0 Å². The lowest BCUT2D eigenvalue weighted by atomic mass is 9.71. The van der Waals surface area contributed by atoms with E-state index in [9.17, 15) is 0 Å². The molecule has 1 aromatic carbocycles. The number of nitrogens with two attached hydrogens (primary N) is 1. The van der Waals surface area contributed by atoms with Crippen molar-refractivity contribution in [2.75, 3.05) is 0 Å². The van der Waals surface area contributed by atoms with Gasteiger partial charge in [0.1, 0.15) is 0 Å². The van der Waals surface area contributed by atoms with Crippen LogP contribution in [0.15, 0.2) is 24.3 Å². The highest BCUT2D eigenvalue weighted by molar-refractivity contribution is 5.38. The van der Waals surface area contributed by atoms with Crippen LogP contribution in [0, 0.1) is 0 Å². The van der Waals surface area contributed by atoms with Crippen molar-refractivity contribution in [1.82, 2.24) is 0 Å². The minimum atomic E-state index is -0.0602. The Hall–Kier alpha value is -0.820. The summed E-state index contributed by atoms with van der Waals surface area (Å²) < 4.78 is 0. The third-order valence-corrected chi connectivity index (χ3v) is 4.78. The number of hydrogen-bond acceptors (Lipinski definition) is 1. The molecule has 1 aliphatic rings. The summed E-state index contributed by atoms with van der Waals surface area (Å²) in [4.78, 5) is 0. The molecule has 2 N–H and O–H groups in total. The lowest BCUT2D eigenvalue weighted by Crippen LogP contribution is -2.40. The van der Waals surface area contributed by atoms with E-state index < -0.39 is 0 Å². The minimum absolute atomic E-state index is 0.0602. The molecule has 1 aromatic rings. The van der Waals surface area contributed by atoms with E-state index in [1.54, 1.807) is 0 Å². The van der Waals surface area contributed by atoms with Crippen LogP contribution >= 0.6 is 0 Å². The molecule has 0 aromatic heterocycles. The van der Waals surface area contributed by atoms with E-state index >= 15 is 0 Å². The summed E-state index contributed by atoms with van der Waals surface area (Å²) >= 11 is 0. The summed E-state index contributed by atoms with van der Waals surface area (Å²) in [5.41, 5.74) is 9.60. The number of hydrogen-bond donors (Lipinski definition) is 1. The van der Waals surface area contributed by atoms with Crippen LogP contribution in [0.25, 0.3) is 0 Å². The Morgan fingerprint density at radius 1 is 1.16 bits per heavy atom. The maximum absolute atomic E-state index is 6.75. The molecule has 0 aliphatic heterocycles. The second-order valence-corrected chi connectivity index (χ2v) is 6.35. The Balaban J connectivity index is 2.01. The largest absolute Gasteiger partial charge is 0.321 e. The van der Waals surface area contributed by atoms with Crippen molar-refractivity contribution < 1.29 is 0 Å². The molecule has 0 amide bonds. The first-order chi connectivity index (χ1) is 9.17. The SMILES string of the molecule is CCCCCCCC1(N)CCC(C)c2ccccc21. The highest BCUT2D eigenvalue weighted by Gasteiger charge is 2.34. The van der Waals surface area contributed by atoms with Crippen LogP contribution in [-0.2, 0) is 5.54 Å². The summed E-state index contributed by atoms with van der Waals surface area (Å²) in [6.07, 6.45) is 10.2. The molecule has 1 nitrogen and oxygen atoms in total. The smallest absolute Gasteiger partial charge is 0.0412 e. The summed E-state index contributed by atoms with van der Waals surface area (Å²) in [7, 11) is 0. The lowest BCUT2D eigenvalue weighted by molar-refractivity contribution is 0.316. The fraction of sp³-hybridized carbons (Fsp3) is 0.667. The number of fused-ring (bicyclic) bond motifs is 1. The van der Waals surface area contributed by atoms with Gasteiger partial charge in [0.25, 0.3) is 0 Å². The molecule has 0 fully saturated rings. The van der Waals surface area contributed by atoms with Gasteiger partial charge in [0.15, 0.2) is 0 Å². The highest BCUT2D eigenvalue weighted by Crippen LogP contribution is 2.42. The topological polar surface area (TPSA) is 26.0 Å². The molecule has 2 atom stereocenters. The maximum Gasteiger partial charge on any atom is 0.0412 e. The van der Waals surface area contributed by atoms with Crippen LogP contribution in [0.2, 0.25) is 0 Å². The zero-order valence-electron chi connectivity index (χ0n) is 12.6. The standard InChI is InChI=1S/C18H29N/c1-3-4-5-6-9-13-18(19)14-12-15(2)16-10-7-8-11-17(16)18/h7-8,10-11,15H,3-6,9,12-14,19H2,1-2H3. The highest BCUT2D eigenvalue weighted by atomic mass is 14.7. The summed E-state index contributed by atoms with van der Waals surface area (Å²) in [5, 5.41) is 0. The molecule has 0 saturated heterocycles. The number of unbranched alkanes of at least 4 members (excludes halogenated alkanes) is 4. The quantitative estimate of drug-likeness (QED) is 0.707. The Morgan fingerprint density at radius 2 is 1.89 bits per heavy atom. The second kappa shape index (κ2) is 6.56. The fourth-order valence-corrected chi connectivity index (χ4v) is 3.45. The third kappa shape index (κ3) is 3.39. The Kier molecular flexibility index (Phi) is 5.04. The predicted octanol–water partition coefficient (Wildman–Crippen LogP) is 5.10. The van der Waals surface area contributed by atoms with Crippen LogP contribution < -0.4 is 5.73 Å². The zero-order valence-corrected chi connectivity index (χ0v) is 12.6. The van der Waals surface area contributed by atoms with Crippen LogP contribution in [0.4, 0.5) is 0 Å². The molecular formula is C18H29N. The molecule has 0 saturated carbocycles. The Labute approximate surface area is 118 Å². The molecule has 0 radical (unpaired) electrons. The van der Waals surface area contributed by atoms with Gasteiger partial charge in [-0.05, 0) is 36.3 Å². The molecule has 0 spiro atoms. The lowest BCUT2D eigenvalue weighted by Gasteiger charge is -2.38. The predicted molar refractivity (Wildman–Crippen MR) is 83.3 cm³/mol. The molecule has 0 heterocycles. The van der Waals surface area contributed by atoms with Crippen molar-refractivity contribution in [2.45, 2.75) is 76.7 Å². The van der Waals surface area contributed by atoms with Crippen molar-refractivity contribution in [3.05, 3.63) is 35.4 Å².